The van der Waals surface area contributed by atoms with Crippen molar-refractivity contribution >= 4 is 22.6 Å². The molecule has 1 aromatic rings. The number of nitrogens with one attached hydrogen (secondary N) is 2. The van der Waals surface area contributed by atoms with Gasteiger partial charge in [0.1, 0.15) is 6.54 Å². The van der Waals surface area contributed by atoms with Crippen LogP contribution in [0.1, 0.15) is 32.6 Å². The molecule has 6 nitrogen and oxygen atoms in total. The van der Waals surface area contributed by atoms with Crippen molar-refractivity contribution in [3.63, 3.8) is 0 Å². The van der Waals surface area contributed by atoms with Gasteiger partial charge in [-0.15, -0.1) is 0 Å². The minimum absolute atomic E-state index is 0.0209. The zero-order chi connectivity index (χ0) is 16.8. The van der Waals surface area contributed by atoms with Crippen LogP contribution < -0.4 is 10.6 Å². The van der Waals surface area contributed by atoms with Gasteiger partial charge in [-0.3, -0.25) is 14.2 Å². The smallest absolute Gasteiger partial charge is 0.320 e. The van der Waals surface area contributed by atoms with Crippen LogP contribution in [0.25, 0.3) is 0 Å². The van der Waals surface area contributed by atoms with Crippen LogP contribution in [0, 0.1) is 0 Å². The summed E-state index contributed by atoms with van der Waals surface area (Å²) in [5.74, 6) is 0.859. The maximum Gasteiger partial charge on any atom is 0.320 e. The van der Waals surface area contributed by atoms with Gasteiger partial charge >= 0.3 is 6.03 Å². The Morgan fingerprint density at radius 1 is 1.52 bits per heavy atom. The normalized spacial score (nSPS) is 22.8. The van der Waals surface area contributed by atoms with E-state index in [1.165, 1.54) is 12.3 Å². The largest absolute Gasteiger partial charge is 0.335 e. The zero-order valence-corrected chi connectivity index (χ0v) is 13.8. The summed E-state index contributed by atoms with van der Waals surface area (Å²) in [5.41, 5.74) is 0. The molecule has 130 valence electrons. The molecule has 0 bridgehead atoms. The highest BCUT2D eigenvalue weighted by atomic mass is 32.2. The van der Waals surface area contributed by atoms with E-state index in [2.05, 4.69) is 15.7 Å². The SMILES string of the molecule is CC[S@@](=O)[C@@H]1CCC[C@H](NC(=O)Nc2ccn(CC(F)F)n2)C1. The highest BCUT2D eigenvalue weighted by Gasteiger charge is 2.26. The first-order valence-corrected chi connectivity index (χ1v) is 9.12. The van der Waals surface area contributed by atoms with Gasteiger partial charge in [-0.1, -0.05) is 13.3 Å². The van der Waals surface area contributed by atoms with E-state index in [4.69, 9.17) is 0 Å². The maximum atomic E-state index is 12.2. The minimum atomic E-state index is -2.49. The van der Waals surface area contributed by atoms with Crippen LogP contribution in [-0.4, -0.2) is 43.5 Å². The number of halogens is 2. The molecule has 9 heteroatoms. The number of aromatic nitrogens is 2. The van der Waals surface area contributed by atoms with Crippen molar-refractivity contribution in [1.29, 1.82) is 0 Å². The summed E-state index contributed by atoms with van der Waals surface area (Å²) in [5, 5.41) is 9.37. The lowest BCUT2D eigenvalue weighted by molar-refractivity contribution is 0.122. The molecule has 0 aliphatic heterocycles. The highest BCUT2D eigenvalue weighted by molar-refractivity contribution is 7.85. The van der Waals surface area contributed by atoms with Gasteiger partial charge in [-0.2, -0.15) is 5.10 Å². The first-order valence-electron chi connectivity index (χ1n) is 7.74. The van der Waals surface area contributed by atoms with Gasteiger partial charge in [-0.05, 0) is 19.3 Å². The third kappa shape index (κ3) is 5.56. The fraction of sp³-hybridized carbons (Fsp3) is 0.714. The molecule has 2 N–H and O–H groups in total. The summed E-state index contributed by atoms with van der Waals surface area (Å²) in [4.78, 5) is 12.0. The van der Waals surface area contributed by atoms with Gasteiger partial charge in [0.25, 0.3) is 6.43 Å². The van der Waals surface area contributed by atoms with E-state index in [1.54, 1.807) is 0 Å². The van der Waals surface area contributed by atoms with Gasteiger partial charge in [0, 0.05) is 40.1 Å². The lowest BCUT2D eigenvalue weighted by Crippen LogP contribution is -2.43. The average Bonchev–Trinajstić information content (AvgIpc) is 2.92. The van der Waals surface area contributed by atoms with E-state index in [-0.39, 0.29) is 17.1 Å². The van der Waals surface area contributed by atoms with Crippen LogP contribution in [-0.2, 0) is 17.3 Å². The highest BCUT2D eigenvalue weighted by Crippen LogP contribution is 2.23. The standard InChI is InChI=1S/C14H22F2N4O2S/c1-2-23(22)11-5-3-4-10(8-11)17-14(21)18-13-6-7-20(19-13)9-12(15)16/h6-7,10-12H,2-5,8-9H2,1H3,(H2,17,18,19,21)/t10-,11+,23+/m0/s1. The van der Waals surface area contributed by atoms with Crippen molar-refractivity contribution in [1.82, 2.24) is 15.1 Å². The van der Waals surface area contributed by atoms with Gasteiger partial charge in [-0.25, -0.2) is 13.6 Å². The molecule has 23 heavy (non-hydrogen) atoms. The summed E-state index contributed by atoms with van der Waals surface area (Å²) in [6.45, 7) is 1.39. The Morgan fingerprint density at radius 2 is 2.30 bits per heavy atom. The fourth-order valence-electron chi connectivity index (χ4n) is 2.76. The molecule has 2 rings (SSSR count). The number of amides is 2. The fourth-order valence-corrected chi connectivity index (χ4v) is 4.11. The lowest BCUT2D eigenvalue weighted by atomic mass is 9.95. The van der Waals surface area contributed by atoms with Crippen molar-refractivity contribution in [2.24, 2.45) is 0 Å². The van der Waals surface area contributed by atoms with Crippen molar-refractivity contribution in [2.75, 3.05) is 11.1 Å². The third-order valence-electron chi connectivity index (χ3n) is 3.82. The second-order valence-electron chi connectivity index (χ2n) is 5.57. The van der Waals surface area contributed by atoms with E-state index in [1.807, 2.05) is 6.92 Å². The number of carbonyl (C=O) groups is 1. The monoisotopic (exact) mass is 348 g/mol. The van der Waals surface area contributed by atoms with E-state index in [0.29, 0.717) is 12.2 Å². The molecule has 0 radical (unpaired) electrons. The Bertz CT molecular complexity index is 553. The van der Waals surface area contributed by atoms with Crippen LogP contribution in [0.15, 0.2) is 12.3 Å². The first-order chi connectivity index (χ1) is 11.0. The van der Waals surface area contributed by atoms with E-state index >= 15 is 0 Å². The molecule has 2 amide bonds. The second kappa shape index (κ2) is 8.37. The van der Waals surface area contributed by atoms with E-state index in [0.717, 1.165) is 23.9 Å². The molecule has 0 saturated heterocycles. The van der Waals surface area contributed by atoms with Crippen LogP contribution in [0.5, 0.6) is 0 Å². The number of anilines is 1. The summed E-state index contributed by atoms with van der Waals surface area (Å²) >= 11 is 0. The first kappa shape index (κ1) is 17.8. The molecule has 0 aromatic carbocycles. The van der Waals surface area contributed by atoms with Gasteiger partial charge in [0.15, 0.2) is 5.82 Å². The Kier molecular flexibility index (Phi) is 6.49. The van der Waals surface area contributed by atoms with E-state index in [9.17, 15) is 17.8 Å². The molecular formula is C14H22F2N4O2S. The number of hydrogen-bond acceptors (Lipinski definition) is 3. The quantitative estimate of drug-likeness (QED) is 0.828. The topological polar surface area (TPSA) is 76.0 Å². The van der Waals surface area contributed by atoms with Crippen LogP contribution in [0.2, 0.25) is 0 Å². The van der Waals surface area contributed by atoms with Crippen molar-refractivity contribution in [3.8, 4) is 0 Å². The number of hydrogen-bond donors (Lipinski definition) is 2. The van der Waals surface area contributed by atoms with Gasteiger partial charge < -0.3 is 5.32 Å². The molecule has 0 unspecified atom stereocenters. The Labute approximate surface area is 136 Å². The molecule has 3 atom stereocenters. The zero-order valence-electron chi connectivity index (χ0n) is 13.0. The summed E-state index contributed by atoms with van der Waals surface area (Å²) in [6.07, 6.45) is 2.32. The Hall–Kier alpha value is -1.51. The molecule has 1 fully saturated rings. The van der Waals surface area contributed by atoms with Crippen LogP contribution >= 0.6 is 0 Å². The van der Waals surface area contributed by atoms with Crippen LogP contribution in [0.3, 0.4) is 0 Å². The van der Waals surface area contributed by atoms with Crippen molar-refractivity contribution in [3.05, 3.63) is 12.3 Å². The van der Waals surface area contributed by atoms with E-state index < -0.39 is 29.8 Å². The number of urea groups is 1. The van der Waals surface area contributed by atoms with Gasteiger partial charge in [0.2, 0.25) is 0 Å². The van der Waals surface area contributed by atoms with Crippen molar-refractivity contribution < 1.29 is 17.8 Å². The molecule has 1 heterocycles. The summed E-state index contributed by atoms with van der Waals surface area (Å²) in [6, 6.07) is 1.03. The third-order valence-corrected chi connectivity index (χ3v) is 5.57. The molecule has 1 aromatic heterocycles. The number of rotatable bonds is 6. The van der Waals surface area contributed by atoms with Crippen molar-refractivity contribution in [2.45, 2.75) is 56.9 Å². The maximum absolute atomic E-state index is 12.2. The molecule has 1 aliphatic carbocycles. The minimum Gasteiger partial charge on any atom is -0.335 e. The summed E-state index contributed by atoms with van der Waals surface area (Å²) < 4.78 is 37.5. The number of alkyl halides is 2. The average molecular weight is 348 g/mol. The second-order valence-corrected chi connectivity index (χ2v) is 7.57. The predicted molar refractivity (Wildman–Crippen MR) is 85.1 cm³/mol. The molecular weight excluding hydrogens is 326 g/mol. The number of carbonyl (C=O) groups excluding carboxylic acids is 1. The summed E-state index contributed by atoms with van der Waals surface area (Å²) in [7, 11) is -0.848. The molecule has 1 aliphatic rings. The van der Waals surface area contributed by atoms with Crippen LogP contribution in [0.4, 0.5) is 19.4 Å². The Balaban J connectivity index is 1.82. The molecule has 0 spiro atoms. The lowest BCUT2D eigenvalue weighted by Gasteiger charge is -2.28. The predicted octanol–water partition coefficient (Wildman–Crippen LogP) is 2.35. The number of nitrogens with zero attached hydrogens (tertiary/aromatic N) is 2. The molecule has 1 saturated carbocycles. The van der Waals surface area contributed by atoms with Gasteiger partial charge in [0.05, 0.1) is 0 Å². The Morgan fingerprint density at radius 3 is 3.00 bits per heavy atom.